The smallest absolute Gasteiger partial charge is 0.00106 e. The minimum absolute atomic E-state index is 0.330. The number of hydrogen-bond donors (Lipinski definition) is 1. The van der Waals surface area contributed by atoms with Crippen LogP contribution >= 0.6 is 0 Å². The van der Waals surface area contributed by atoms with Gasteiger partial charge in [0, 0.05) is 12.6 Å². The maximum absolute atomic E-state index is 3.56. The van der Waals surface area contributed by atoms with E-state index < -0.39 is 0 Å². The number of hydrogen-bond acceptors (Lipinski definition) is 1. The highest BCUT2D eigenvalue weighted by Gasteiger charge is 2.20. The number of benzene rings is 1. The normalized spacial score (nSPS) is 15.2. The van der Waals surface area contributed by atoms with Crippen molar-refractivity contribution in [1.29, 1.82) is 0 Å². The molecule has 0 unspecified atom stereocenters. The van der Waals surface area contributed by atoms with E-state index in [1.54, 1.807) is 11.1 Å². The van der Waals surface area contributed by atoms with Crippen LogP contribution in [0.4, 0.5) is 0 Å². The van der Waals surface area contributed by atoms with Crippen LogP contribution in [0.1, 0.15) is 50.8 Å². The van der Waals surface area contributed by atoms with Crippen molar-refractivity contribution in [3.8, 4) is 0 Å². The zero-order chi connectivity index (χ0) is 13.2. The van der Waals surface area contributed by atoms with Gasteiger partial charge >= 0.3 is 0 Å². The van der Waals surface area contributed by atoms with Crippen molar-refractivity contribution < 1.29 is 0 Å². The van der Waals surface area contributed by atoms with Gasteiger partial charge in [0.1, 0.15) is 0 Å². The molecule has 18 heavy (non-hydrogen) atoms. The van der Waals surface area contributed by atoms with Crippen molar-refractivity contribution in [1.82, 2.24) is 5.32 Å². The molecule has 0 aromatic heterocycles. The Hall–Kier alpha value is -0.820. The Bertz CT molecular complexity index is 404. The highest BCUT2D eigenvalue weighted by molar-refractivity contribution is 5.35. The summed E-state index contributed by atoms with van der Waals surface area (Å²) in [7, 11) is 0. The van der Waals surface area contributed by atoms with Crippen LogP contribution in [0.15, 0.2) is 18.2 Å². The second-order valence-electron chi connectivity index (χ2n) is 6.83. The number of aryl methyl sites for hydroxylation is 2. The summed E-state index contributed by atoms with van der Waals surface area (Å²) in [5.74, 6) is 0. The first-order valence-electron chi connectivity index (χ1n) is 7.30. The topological polar surface area (TPSA) is 12.0 Å². The molecule has 0 aliphatic heterocycles. The molecular formula is C17H27N. The van der Waals surface area contributed by atoms with E-state index in [9.17, 15) is 0 Å². The summed E-state index contributed by atoms with van der Waals surface area (Å²) in [6.07, 6.45) is 5.08. The summed E-state index contributed by atoms with van der Waals surface area (Å²) in [5, 5.41) is 3.56. The molecule has 100 valence electrons. The van der Waals surface area contributed by atoms with Crippen molar-refractivity contribution in [2.75, 3.05) is 6.54 Å². The fourth-order valence-corrected chi connectivity index (χ4v) is 2.83. The van der Waals surface area contributed by atoms with Gasteiger partial charge in [-0.2, -0.15) is 0 Å². The van der Waals surface area contributed by atoms with Crippen LogP contribution in [0, 0.1) is 5.41 Å². The Kier molecular flexibility index (Phi) is 4.11. The van der Waals surface area contributed by atoms with Gasteiger partial charge in [-0.25, -0.2) is 0 Å². The first-order chi connectivity index (χ1) is 8.46. The molecule has 1 aliphatic rings. The van der Waals surface area contributed by atoms with Gasteiger partial charge in [-0.1, -0.05) is 45.9 Å². The molecule has 0 saturated carbocycles. The monoisotopic (exact) mass is 245 g/mol. The highest BCUT2D eigenvalue weighted by Crippen LogP contribution is 2.27. The SMILES string of the molecule is CC(C)NCC(C)(C)Cc1ccc2c(c1)CCC2. The van der Waals surface area contributed by atoms with E-state index in [-0.39, 0.29) is 0 Å². The third-order valence-electron chi connectivity index (χ3n) is 3.83. The van der Waals surface area contributed by atoms with Gasteiger partial charge < -0.3 is 5.32 Å². The lowest BCUT2D eigenvalue weighted by molar-refractivity contribution is 0.325. The summed E-state index contributed by atoms with van der Waals surface area (Å²) in [6, 6.07) is 7.70. The standard InChI is InChI=1S/C17H27N/c1-13(2)18-12-17(3,4)11-14-8-9-15-6-5-7-16(15)10-14/h8-10,13,18H,5-7,11-12H2,1-4H3. The fourth-order valence-electron chi connectivity index (χ4n) is 2.83. The van der Waals surface area contributed by atoms with Gasteiger partial charge in [0.05, 0.1) is 0 Å². The summed E-state index contributed by atoms with van der Waals surface area (Å²) in [4.78, 5) is 0. The average Bonchev–Trinajstić information content (AvgIpc) is 2.73. The van der Waals surface area contributed by atoms with Crippen molar-refractivity contribution in [3.63, 3.8) is 0 Å². The summed E-state index contributed by atoms with van der Waals surface area (Å²) in [6.45, 7) is 10.2. The Labute approximate surface area is 112 Å². The molecule has 1 N–H and O–H groups in total. The minimum Gasteiger partial charge on any atom is -0.314 e. The largest absolute Gasteiger partial charge is 0.314 e. The zero-order valence-electron chi connectivity index (χ0n) is 12.3. The molecule has 0 heterocycles. The lowest BCUT2D eigenvalue weighted by Crippen LogP contribution is -2.35. The van der Waals surface area contributed by atoms with Gasteiger partial charge in [0.15, 0.2) is 0 Å². The van der Waals surface area contributed by atoms with Gasteiger partial charge in [-0.15, -0.1) is 0 Å². The van der Waals surface area contributed by atoms with Gasteiger partial charge in [-0.3, -0.25) is 0 Å². The van der Waals surface area contributed by atoms with Gasteiger partial charge in [0.25, 0.3) is 0 Å². The van der Waals surface area contributed by atoms with E-state index in [1.807, 2.05) is 0 Å². The molecule has 0 bridgehead atoms. The summed E-state index contributed by atoms with van der Waals surface area (Å²) in [5.41, 5.74) is 5.01. The maximum atomic E-state index is 3.56. The molecule has 1 heteroatoms. The Morgan fingerprint density at radius 3 is 2.61 bits per heavy atom. The van der Waals surface area contributed by atoms with Crippen molar-refractivity contribution in [2.24, 2.45) is 5.41 Å². The lowest BCUT2D eigenvalue weighted by atomic mass is 9.85. The molecule has 1 aromatic carbocycles. The van der Waals surface area contributed by atoms with E-state index in [1.165, 1.54) is 31.2 Å². The van der Waals surface area contributed by atoms with Gasteiger partial charge in [-0.05, 0) is 47.8 Å². The van der Waals surface area contributed by atoms with Crippen LogP contribution in [0.5, 0.6) is 0 Å². The first-order valence-corrected chi connectivity index (χ1v) is 7.30. The van der Waals surface area contributed by atoms with Crippen molar-refractivity contribution >= 4 is 0 Å². The molecule has 2 rings (SSSR count). The predicted octanol–water partition coefficient (Wildman–Crippen LogP) is 3.74. The quantitative estimate of drug-likeness (QED) is 0.833. The maximum Gasteiger partial charge on any atom is 0.00106 e. The Morgan fingerprint density at radius 1 is 1.17 bits per heavy atom. The Balaban J connectivity index is 2.00. The number of nitrogens with one attached hydrogen (secondary N) is 1. The molecule has 0 saturated heterocycles. The molecule has 1 nitrogen and oxygen atoms in total. The Morgan fingerprint density at radius 2 is 1.89 bits per heavy atom. The first kappa shape index (κ1) is 13.6. The zero-order valence-corrected chi connectivity index (χ0v) is 12.3. The van der Waals surface area contributed by atoms with E-state index in [4.69, 9.17) is 0 Å². The van der Waals surface area contributed by atoms with Crippen LogP contribution in [-0.4, -0.2) is 12.6 Å². The molecule has 0 atom stereocenters. The molecular weight excluding hydrogens is 218 g/mol. The minimum atomic E-state index is 0.330. The predicted molar refractivity (Wildman–Crippen MR) is 79.1 cm³/mol. The highest BCUT2D eigenvalue weighted by atomic mass is 14.9. The lowest BCUT2D eigenvalue weighted by Gasteiger charge is -2.26. The average molecular weight is 245 g/mol. The second kappa shape index (κ2) is 5.44. The fraction of sp³-hybridized carbons (Fsp3) is 0.647. The second-order valence-corrected chi connectivity index (χ2v) is 6.83. The molecule has 0 amide bonds. The van der Waals surface area contributed by atoms with Gasteiger partial charge in [0.2, 0.25) is 0 Å². The number of fused-ring (bicyclic) bond motifs is 1. The van der Waals surface area contributed by atoms with Crippen LogP contribution in [0.3, 0.4) is 0 Å². The van der Waals surface area contributed by atoms with Crippen LogP contribution < -0.4 is 5.32 Å². The molecule has 0 radical (unpaired) electrons. The van der Waals surface area contributed by atoms with E-state index in [0.717, 1.165) is 6.54 Å². The van der Waals surface area contributed by atoms with E-state index in [0.29, 0.717) is 11.5 Å². The van der Waals surface area contributed by atoms with E-state index >= 15 is 0 Å². The third kappa shape index (κ3) is 3.58. The van der Waals surface area contributed by atoms with Crippen molar-refractivity contribution in [2.45, 2.75) is 59.4 Å². The molecule has 0 fully saturated rings. The summed E-state index contributed by atoms with van der Waals surface area (Å²) < 4.78 is 0. The van der Waals surface area contributed by atoms with Crippen molar-refractivity contribution in [3.05, 3.63) is 34.9 Å². The van der Waals surface area contributed by atoms with Crippen LogP contribution in [-0.2, 0) is 19.3 Å². The molecule has 1 aromatic rings. The molecule has 0 spiro atoms. The van der Waals surface area contributed by atoms with Crippen LogP contribution in [0.2, 0.25) is 0 Å². The third-order valence-corrected chi connectivity index (χ3v) is 3.83. The van der Waals surface area contributed by atoms with Crippen LogP contribution in [0.25, 0.3) is 0 Å². The summed E-state index contributed by atoms with van der Waals surface area (Å²) >= 11 is 0. The number of rotatable bonds is 5. The molecule has 1 aliphatic carbocycles. The van der Waals surface area contributed by atoms with E-state index in [2.05, 4.69) is 51.2 Å².